The smallest absolute Gasteiger partial charge is 0.337 e. The topological polar surface area (TPSA) is 119 Å². The summed E-state index contributed by atoms with van der Waals surface area (Å²) in [5.74, 6) is -1.48. The van der Waals surface area contributed by atoms with Crippen molar-refractivity contribution in [1.82, 2.24) is 10.2 Å². The van der Waals surface area contributed by atoms with E-state index in [4.69, 9.17) is 5.11 Å². The number of nitrogens with one attached hydrogen (secondary N) is 2. The molecule has 8 heteroatoms. The average molecular weight is 365 g/mol. The number of carbonyl (C=O) groups excluding carboxylic acids is 2. The Morgan fingerprint density at radius 3 is 2.08 bits per heavy atom. The van der Waals surface area contributed by atoms with Crippen LogP contribution in [0.4, 0.5) is 10.5 Å². The first kappa shape index (κ1) is 21.4. The van der Waals surface area contributed by atoms with Crippen LogP contribution in [0.25, 0.3) is 0 Å². The number of aliphatic hydroxyl groups is 1. The summed E-state index contributed by atoms with van der Waals surface area (Å²) in [7, 11) is 0. The highest BCUT2D eigenvalue weighted by atomic mass is 16.4. The fourth-order valence-electron chi connectivity index (χ4n) is 2.24. The number of nitrogens with zero attached hydrogens (tertiary/aromatic N) is 1. The molecule has 0 aliphatic carbocycles. The predicted octanol–water partition coefficient (Wildman–Crippen LogP) is 1.91. The Bertz CT molecular complexity index is 622. The molecular weight excluding hydrogens is 338 g/mol. The van der Waals surface area contributed by atoms with Gasteiger partial charge in [-0.05, 0) is 44.0 Å². The van der Waals surface area contributed by atoms with E-state index in [1.807, 2.05) is 13.8 Å². The first-order valence-electron chi connectivity index (χ1n) is 8.61. The summed E-state index contributed by atoms with van der Waals surface area (Å²) < 4.78 is 0. The van der Waals surface area contributed by atoms with Gasteiger partial charge in [-0.15, -0.1) is 0 Å². The maximum absolute atomic E-state index is 12.5. The van der Waals surface area contributed by atoms with Crippen molar-refractivity contribution >= 4 is 23.6 Å². The summed E-state index contributed by atoms with van der Waals surface area (Å²) in [6, 6.07) is 5.80. The first-order chi connectivity index (χ1) is 12.2. The molecule has 0 aliphatic rings. The lowest BCUT2D eigenvalue weighted by Gasteiger charge is -2.21. The molecule has 1 aromatic rings. The molecule has 0 radical (unpaired) electrons. The molecule has 0 aromatic heterocycles. The van der Waals surface area contributed by atoms with E-state index < -0.39 is 24.1 Å². The molecule has 1 aromatic carbocycles. The van der Waals surface area contributed by atoms with Crippen LogP contribution >= 0.6 is 0 Å². The van der Waals surface area contributed by atoms with Crippen molar-refractivity contribution in [2.75, 3.05) is 25.0 Å². The van der Waals surface area contributed by atoms with Gasteiger partial charge in [0, 0.05) is 24.3 Å². The van der Waals surface area contributed by atoms with Gasteiger partial charge in [0.25, 0.3) is 5.91 Å². The summed E-state index contributed by atoms with van der Waals surface area (Å²) >= 11 is 0. The molecule has 0 fully saturated rings. The summed E-state index contributed by atoms with van der Waals surface area (Å²) in [4.78, 5) is 36.8. The Balaban J connectivity index is 2.65. The maximum Gasteiger partial charge on any atom is 0.337 e. The number of hydrogen-bond donors (Lipinski definition) is 4. The van der Waals surface area contributed by atoms with Crippen LogP contribution in [-0.4, -0.2) is 58.3 Å². The summed E-state index contributed by atoms with van der Waals surface area (Å²) in [5, 5.41) is 23.2. The van der Waals surface area contributed by atoms with Crippen molar-refractivity contribution < 1.29 is 24.6 Å². The Morgan fingerprint density at radius 1 is 1.08 bits per heavy atom. The molecule has 0 saturated carbocycles. The van der Waals surface area contributed by atoms with Crippen molar-refractivity contribution in [2.45, 2.75) is 39.2 Å². The molecule has 3 amide bonds. The molecule has 8 nitrogen and oxygen atoms in total. The van der Waals surface area contributed by atoms with Gasteiger partial charge in [0.05, 0.1) is 6.54 Å². The van der Waals surface area contributed by atoms with E-state index in [-0.39, 0.29) is 5.91 Å². The monoisotopic (exact) mass is 365 g/mol. The van der Waals surface area contributed by atoms with Crippen molar-refractivity contribution in [3.63, 3.8) is 0 Å². The lowest BCUT2D eigenvalue weighted by molar-refractivity contribution is -0.155. The second-order valence-corrected chi connectivity index (χ2v) is 6.26. The maximum atomic E-state index is 12.5. The van der Waals surface area contributed by atoms with E-state index in [1.165, 1.54) is 0 Å². The fourth-order valence-corrected chi connectivity index (χ4v) is 2.24. The number of carboxylic acids is 1. The molecule has 0 aliphatic heterocycles. The molecule has 0 bridgehead atoms. The van der Waals surface area contributed by atoms with E-state index in [0.717, 1.165) is 19.8 Å². The van der Waals surface area contributed by atoms with Gasteiger partial charge < -0.3 is 25.7 Å². The number of amides is 3. The minimum absolute atomic E-state index is 0.0535. The highest BCUT2D eigenvalue weighted by molar-refractivity contribution is 5.95. The second-order valence-electron chi connectivity index (χ2n) is 6.26. The number of rotatable bonds is 9. The Labute approximate surface area is 153 Å². The number of hydrogen-bond acceptors (Lipinski definition) is 4. The second kappa shape index (κ2) is 9.76. The minimum atomic E-state index is -2.05. The van der Waals surface area contributed by atoms with Gasteiger partial charge in [-0.1, -0.05) is 13.8 Å². The van der Waals surface area contributed by atoms with Gasteiger partial charge in [-0.3, -0.25) is 4.79 Å². The zero-order valence-electron chi connectivity index (χ0n) is 15.4. The highest BCUT2D eigenvalue weighted by Crippen LogP contribution is 2.12. The van der Waals surface area contributed by atoms with Gasteiger partial charge >= 0.3 is 12.0 Å². The molecule has 0 spiro atoms. The zero-order chi connectivity index (χ0) is 19.7. The zero-order valence-corrected chi connectivity index (χ0v) is 15.4. The van der Waals surface area contributed by atoms with E-state index >= 15 is 0 Å². The number of aliphatic carboxylic acids is 1. The van der Waals surface area contributed by atoms with Gasteiger partial charge in [-0.2, -0.15) is 0 Å². The van der Waals surface area contributed by atoms with Crippen LogP contribution in [-0.2, 0) is 4.79 Å². The summed E-state index contributed by atoms with van der Waals surface area (Å²) in [6.45, 7) is 6.08. The van der Waals surface area contributed by atoms with Crippen LogP contribution < -0.4 is 10.6 Å². The third kappa shape index (κ3) is 6.36. The fraction of sp³-hybridized carbons (Fsp3) is 0.500. The Kier molecular flexibility index (Phi) is 8.05. The minimum Gasteiger partial charge on any atom is -0.479 e. The number of benzene rings is 1. The summed E-state index contributed by atoms with van der Waals surface area (Å²) in [6.07, 6.45) is 1.76. The van der Waals surface area contributed by atoms with Crippen molar-refractivity contribution in [2.24, 2.45) is 0 Å². The standard InChI is InChI=1S/C18H27N3O5/c1-4-10-21(11-5-2)15(22)13-6-8-14(9-7-13)20-17(25)19-12-18(3,26)16(23)24/h6-9,26H,4-5,10-12H2,1-3H3,(H,23,24)(H2,19,20,25). The molecule has 0 heterocycles. The Hall–Kier alpha value is -2.61. The van der Waals surface area contributed by atoms with Crippen LogP contribution in [0.2, 0.25) is 0 Å². The number of carboxylic acid groups (broad SMARTS) is 1. The molecule has 1 atom stereocenters. The van der Waals surface area contributed by atoms with Crippen molar-refractivity contribution in [3.8, 4) is 0 Å². The van der Waals surface area contributed by atoms with Crippen molar-refractivity contribution in [3.05, 3.63) is 29.8 Å². The molecule has 144 valence electrons. The molecule has 1 unspecified atom stereocenters. The number of anilines is 1. The highest BCUT2D eigenvalue weighted by Gasteiger charge is 2.30. The van der Waals surface area contributed by atoms with Crippen LogP contribution in [0, 0.1) is 0 Å². The Morgan fingerprint density at radius 2 is 1.62 bits per heavy atom. The van der Waals surface area contributed by atoms with Crippen LogP contribution in [0.1, 0.15) is 44.0 Å². The molecule has 0 saturated heterocycles. The third-order valence-electron chi connectivity index (χ3n) is 3.72. The molecule has 1 rings (SSSR count). The normalized spacial score (nSPS) is 12.8. The quantitative estimate of drug-likeness (QED) is 0.533. The van der Waals surface area contributed by atoms with E-state index in [9.17, 15) is 19.5 Å². The molecular formula is C18H27N3O5. The first-order valence-corrected chi connectivity index (χ1v) is 8.61. The summed E-state index contributed by atoms with van der Waals surface area (Å²) in [5.41, 5.74) is -1.06. The molecule has 26 heavy (non-hydrogen) atoms. The third-order valence-corrected chi connectivity index (χ3v) is 3.72. The SMILES string of the molecule is CCCN(CCC)C(=O)c1ccc(NC(=O)NCC(C)(O)C(=O)O)cc1. The van der Waals surface area contributed by atoms with Crippen LogP contribution in [0.3, 0.4) is 0 Å². The van der Waals surface area contributed by atoms with Gasteiger partial charge in [-0.25, -0.2) is 9.59 Å². The lowest BCUT2D eigenvalue weighted by atomic mass is 10.1. The van der Waals surface area contributed by atoms with Gasteiger partial charge in [0.1, 0.15) is 0 Å². The molecule has 4 N–H and O–H groups in total. The van der Waals surface area contributed by atoms with Gasteiger partial charge in [0.2, 0.25) is 0 Å². The lowest BCUT2D eigenvalue weighted by Crippen LogP contribution is -2.47. The number of carbonyl (C=O) groups is 3. The van der Waals surface area contributed by atoms with E-state index in [2.05, 4.69) is 10.6 Å². The van der Waals surface area contributed by atoms with Crippen molar-refractivity contribution in [1.29, 1.82) is 0 Å². The van der Waals surface area contributed by atoms with Gasteiger partial charge in [0.15, 0.2) is 5.60 Å². The largest absolute Gasteiger partial charge is 0.479 e. The average Bonchev–Trinajstić information content (AvgIpc) is 2.60. The number of urea groups is 1. The van der Waals surface area contributed by atoms with Crippen LogP contribution in [0.15, 0.2) is 24.3 Å². The predicted molar refractivity (Wildman–Crippen MR) is 98.2 cm³/mol. The van der Waals surface area contributed by atoms with E-state index in [1.54, 1.807) is 29.2 Å². The van der Waals surface area contributed by atoms with E-state index in [0.29, 0.717) is 24.3 Å². The van der Waals surface area contributed by atoms with Crippen LogP contribution in [0.5, 0.6) is 0 Å².